The van der Waals surface area contributed by atoms with Gasteiger partial charge in [0.2, 0.25) is 0 Å². The van der Waals surface area contributed by atoms with Gasteiger partial charge in [0.1, 0.15) is 0 Å². The van der Waals surface area contributed by atoms with Crippen LogP contribution in [0.2, 0.25) is 0 Å². The predicted octanol–water partition coefficient (Wildman–Crippen LogP) is 0.629. The Hall–Kier alpha value is -0.120. The van der Waals surface area contributed by atoms with Crippen molar-refractivity contribution in [3.8, 4) is 0 Å². The van der Waals surface area contributed by atoms with E-state index in [4.69, 9.17) is 0 Å². The van der Waals surface area contributed by atoms with Crippen LogP contribution in [-0.2, 0) is 0 Å². The van der Waals surface area contributed by atoms with Crippen molar-refractivity contribution < 1.29 is 0 Å². The molecule has 0 spiro atoms. The van der Waals surface area contributed by atoms with Crippen LogP contribution < -0.4 is 10.6 Å². The van der Waals surface area contributed by atoms with Gasteiger partial charge in [0, 0.05) is 32.8 Å². The molecule has 2 N–H and O–H groups in total. The molecule has 1 saturated heterocycles. The van der Waals surface area contributed by atoms with Crippen molar-refractivity contribution in [1.82, 2.24) is 15.5 Å². The SMILES string of the molecule is C1CC(CCNCN2CCNCC2)C1. The summed E-state index contributed by atoms with van der Waals surface area (Å²) in [5, 5.41) is 6.92. The third kappa shape index (κ3) is 3.23. The van der Waals surface area contributed by atoms with E-state index in [2.05, 4.69) is 15.5 Å². The van der Waals surface area contributed by atoms with Gasteiger partial charge in [-0.05, 0) is 18.9 Å². The third-order valence-corrected chi connectivity index (χ3v) is 3.50. The van der Waals surface area contributed by atoms with Crippen molar-refractivity contribution in [3.63, 3.8) is 0 Å². The van der Waals surface area contributed by atoms with E-state index in [1.165, 1.54) is 45.3 Å². The van der Waals surface area contributed by atoms with E-state index in [0.29, 0.717) is 0 Å². The van der Waals surface area contributed by atoms with Crippen molar-refractivity contribution in [2.24, 2.45) is 5.92 Å². The van der Waals surface area contributed by atoms with Crippen LogP contribution in [0.5, 0.6) is 0 Å². The minimum absolute atomic E-state index is 1.05. The molecule has 0 aromatic carbocycles. The van der Waals surface area contributed by atoms with E-state index in [-0.39, 0.29) is 0 Å². The van der Waals surface area contributed by atoms with Crippen molar-refractivity contribution in [2.45, 2.75) is 25.7 Å². The van der Waals surface area contributed by atoms with Gasteiger partial charge in [-0.15, -0.1) is 0 Å². The Morgan fingerprint density at radius 2 is 2.00 bits per heavy atom. The molecule has 2 rings (SSSR count). The van der Waals surface area contributed by atoms with Gasteiger partial charge < -0.3 is 10.6 Å². The summed E-state index contributed by atoms with van der Waals surface area (Å²) in [6.45, 7) is 7.03. The number of hydrogen-bond acceptors (Lipinski definition) is 3. The third-order valence-electron chi connectivity index (χ3n) is 3.50. The fourth-order valence-electron chi connectivity index (χ4n) is 2.19. The molecule has 3 heteroatoms. The molecule has 14 heavy (non-hydrogen) atoms. The average Bonchev–Trinajstić information content (AvgIpc) is 2.16. The maximum absolute atomic E-state index is 3.55. The average molecular weight is 197 g/mol. The molecule has 2 fully saturated rings. The second kappa shape index (κ2) is 5.69. The van der Waals surface area contributed by atoms with Crippen LogP contribution in [0.25, 0.3) is 0 Å². The van der Waals surface area contributed by atoms with Crippen molar-refractivity contribution in [3.05, 3.63) is 0 Å². The zero-order valence-corrected chi connectivity index (χ0v) is 9.10. The Kier molecular flexibility index (Phi) is 4.22. The first kappa shape index (κ1) is 10.4. The molecule has 1 aliphatic heterocycles. The maximum atomic E-state index is 3.55. The zero-order valence-electron chi connectivity index (χ0n) is 9.10. The molecule has 0 unspecified atom stereocenters. The molecule has 0 atom stereocenters. The Bertz CT molecular complexity index is 151. The molecular weight excluding hydrogens is 174 g/mol. The van der Waals surface area contributed by atoms with Crippen LogP contribution in [0.1, 0.15) is 25.7 Å². The van der Waals surface area contributed by atoms with Crippen LogP contribution in [0.4, 0.5) is 0 Å². The van der Waals surface area contributed by atoms with Gasteiger partial charge in [-0.2, -0.15) is 0 Å². The quantitative estimate of drug-likeness (QED) is 0.633. The van der Waals surface area contributed by atoms with Crippen LogP contribution in [-0.4, -0.2) is 44.3 Å². The lowest BCUT2D eigenvalue weighted by Crippen LogP contribution is -2.47. The van der Waals surface area contributed by atoms with Gasteiger partial charge in [0.15, 0.2) is 0 Å². The lowest BCUT2D eigenvalue weighted by molar-refractivity contribution is 0.216. The highest BCUT2D eigenvalue weighted by Gasteiger charge is 2.16. The van der Waals surface area contributed by atoms with Crippen LogP contribution in [0.15, 0.2) is 0 Å². The Morgan fingerprint density at radius 1 is 1.21 bits per heavy atom. The highest BCUT2D eigenvalue weighted by Crippen LogP contribution is 2.28. The molecule has 0 radical (unpaired) electrons. The van der Waals surface area contributed by atoms with Crippen molar-refractivity contribution in [1.29, 1.82) is 0 Å². The minimum atomic E-state index is 1.05. The molecule has 0 aromatic rings. The smallest absolute Gasteiger partial charge is 0.0481 e. The second-order valence-electron chi connectivity index (χ2n) is 4.61. The van der Waals surface area contributed by atoms with E-state index < -0.39 is 0 Å². The van der Waals surface area contributed by atoms with Gasteiger partial charge in [-0.1, -0.05) is 19.3 Å². The minimum Gasteiger partial charge on any atom is -0.314 e. The standard InChI is InChI=1S/C11H23N3/c1-2-11(3-1)4-5-13-10-14-8-6-12-7-9-14/h11-13H,1-10H2. The fraction of sp³-hybridized carbons (Fsp3) is 1.00. The van der Waals surface area contributed by atoms with Gasteiger partial charge in [-0.25, -0.2) is 0 Å². The van der Waals surface area contributed by atoms with E-state index in [0.717, 1.165) is 25.7 Å². The fourth-order valence-corrected chi connectivity index (χ4v) is 2.19. The molecule has 0 aromatic heterocycles. The summed E-state index contributed by atoms with van der Waals surface area (Å²) in [7, 11) is 0. The molecular formula is C11H23N3. The van der Waals surface area contributed by atoms with Gasteiger partial charge >= 0.3 is 0 Å². The topological polar surface area (TPSA) is 27.3 Å². The normalized spacial score (nSPS) is 24.9. The monoisotopic (exact) mass is 197 g/mol. The summed E-state index contributed by atoms with van der Waals surface area (Å²) in [6.07, 6.45) is 5.83. The summed E-state index contributed by atoms with van der Waals surface area (Å²) in [4.78, 5) is 2.50. The van der Waals surface area contributed by atoms with Gasteiger partial charge in [0.05, 0.1) is 0 Å². The Morgan fingerprint density at radius 3 is 2.64 bits per heavy atom. The number of piperazine rings is 1. The van der Waals surface area contributed by atoms with Crippen LogP contribution >= 0.6 is 0 Å². The Labute approximate surface area is 87.2 Å². The molecule has 2 aliphatic rings. The summed E-state index contributed by atoms with van der Waals surface area (Å²) < 4.78 is 0. The van der Waals surface area contributed by atoms with E-state index in [1.807, 2.05) is 0 Å². The van der Waals surface area contributed by atoms with Crippen LogP contribution in [0, 0.1) is 5.92 Å². The highest BCUT2D eigenvalue weighted by molar-refractivity contribution is 4.71. The maximum Gasteiger partial charge on any atom is 0.0481 e. The summed E-state index contributed by atoms with van der Waals surface area (Å²) in [5.41, 5.74) is 0. The molecule has 82 valence electrons. The predicted molar refractivity (Wildman–Crippen MR) is 59.3 cm³/mol. The first-order chi connectivity index (χ1) is 6.95. The number of nitrogens with zero attached hydrogens (tertiary/aromatic N) is 1. The van der Waals surface area contributed by atoms with Crippen molar-refractivity contribution >= 4 is 0 Å². The largest absolute Gasteiger partial charge is 0.314 e. The molecule has 0 bridgehead atoms. The van der Waals surface area contributed by atoms with E-state index in [1.54, 1.807) is 0 Å². The first-order valence-corrected chi connectivity index (χ1v) is 6.09. The van der Waals surface area contributed by atoms with Gasteiger partial charge in [-0.3, -0.25) is 4.90 Å². The number of hydrogen-bond donors (Lipinski definition) is 2. The van der Waals surface area contributed by atoms with E-state index in [9.17, 15) is 0 Å². The lowest BCUT2D eigenvalue weighted by atomic mass is 9.83. The van der Waals surface area contributed by atoms with Crippen molar-refractivity contribution in [2.75, 3.05) is 39.4 Å². The highest BCUT2D eigenvalue weighted by atomic mass is 15.2. The molecule has 1 heterocycles. The zero-order chi connectivity index (χ0) is 9.64. The van der Waals surface area contributed by atoms with Gasteiger partial charge in [0.25, 0.3) is 0 Å². The van der Waals surface area contributed by atoms with E-state index >= 15 is 0 Å². The molecule has 1 saturated carbocycles. The number of rotatable bonds is 5. The summed E-state index contributed by atoms with van der Waals surface area (Å²) >= 11 is 0. The number of nitrogens with one attached hydrogen (secondary N) is 2. The summed E-state index contributed by atoms with van der Waals surface area (Å²) in [5.74, 6) is 1.05. The Balaban J connectivity index is 1.45. The molecule has 1 aliphatic carbocycles. The first-order valence-electron chi connectivity index (χ1n) is 6.09. The molecule has 0 amide bonds. The second-order valence-corrected chi connectivity index (χ2v) is 4.61. The summed E-state index contributed by atoms with van der Waals surface area (Å²) in [6, 6.07) is 0. The molecule has 3 nitrogen and oxygen atoms in total. The lowest BCUT2D eigenvalue weighted by Gasteiger charge is -2.29. The van der Waals surface area contributed by atoms with Crippen LogP contribution in [0.3, 0.4) is 0 Å².